The predicted octanol–water partition coefficient (Wildman–Crippen LogP) is 3.24. The van der Waals surface area contributed by atoms with Crippen LogP contribution in [0.4, 0.5) is 10.3 Å². The summed E-state index contributed by atoms with van der Waals surface area (Å²) in [6, 6.07) is 3.97. The van der Waals surface area contributed by atoms with Crippen LogP contribution in [-0.2, 0) is 6.54 Å². The maximum Gasteiger partial charge on any atom is 0.201 e. The summed E-state index contributed by atoms with van der Waals surface area (Å²) < 4.78 is 16.3. The molecule has 0 aliphatic heterocycles. The van der Waals surface area contributed by atoms with Crippen LogP contribution in [-0.4, -0.2) is 34.1 Å². The van der Waals surface area contributed by atoms with Crippen molar-refractivity contribution in [1.29, 1.82) is 0 Å². The van der Waals surface area contributed by atoms with Gasteiger partial charge in [-0.05, 0) is 48.5 Å². The molecular weight excluding hydrogens is 382 g/mol. The number of nitrogens with zero attached hydrogens (tertiary/aromatic N) is 3. The SMILES string of the molecule is CN(CCn1c(N)nc2cc(I)c(F)cc21)C1CCCC1. The minimum Gasteiger partial charge on any atom is -0.369 e. The second-order valence-electron chi connectivity index (χ2n) is 5.80. The summed E-state index contributed by atoms with van der Waals surface area (Å²) in [5.74, 6) is 0.250. The summed E-state index contributed by atoms with van der Waals surface area (Å²) in [5.41, 5.74) is 7.55. The molecule has 6 heteroatoms. The number of benzene rings is 1. The van der Waals surface area contributed by atoms with E-state index in [2.05, 4.69) is 16.9 Å². The van der Waals surface area contributed by atoms with E-state index in [0.29, 0.717) is 15.6 Å². The Morgan fingerprint density at radius 2 is 2.14 bits per heavy atom. The van der Waals surface area contributed by atoms with Gasteiger partial charge in [0, 0.05) is 25.2 Å². The van der Waals surface area contributed by atoms with Gasteiger partial charge in [0.2, 0.25) is 5.95 Å². The molecule has 0 spiro atoms. The van der Waals surface area contributed by atoms with Crippen molar-refractivity contribution in [3.63, 3.8) is 0 Å². The fourth-order valence-corrected chi connectivity index (χ4v) is 3.61. The van der Waals surface area contributed by atoms with Gasteiger partial charge in [-0.15, -0.1) is 0 Å². The molecule has 0 unspecified atom stereocenters. The topological polar surface area (TPSA) is 47.1 Å². The molecule has 3 rings (SSSR count). The summed E-state index contributed by atoms with van der Waals surface area (Å²) in [6.07, 6.45) is 5.22. The van der Waals surface area contributed by atoms with Crippen molar-refractivity contribution in [2.24, 2.45) is 0 Å². The Labute approximate surface area is 137 Å². The van der Waals surface area contributed by atoms with Gasteiger partial charge in [-0.2, -0.15) is 0 Å². The van der Waals surface area contributed by atoms with Gasteiger partial charge in [0.15, 0.2) is 0 Å². The molecule has 0 bridgehead atoms. The first-order chi connectivity index (χ1) is 10.1. The van der Waals surface area contributed by atoms with Crippen LogP contribution in [0, 0.1) is 9.39 Å². The summed E-state index contributed by atoms with van der Waals surface area (Å²) in [6.45, 7) is 1.66. The fraction of sp³-hybridized carbons (Fsp3) is 0.533. The molecule has 1 fully saturated rings. The van der Waals surface area contributed by atoms with Crippen LogP contribution in [0.5, 0.6) is 0 Å². The van der Waals surface area contributed by atoms with Crippen molar-refractivity contribution in [3.05, 3.63) is 21.5 Å². The summed E-state index contributed by atoms with van der Waals surface area (Å²) >= 11 is 1.98. The molecule has 0 amide bonds. The molecule has 114 valence electrons. The molecule has 2 aromatic rings. The number of aromatic nitrogens is 2. The highest BCUT2D eigenvalue weighted by atomic mass is 127. The predicted molar refractivity (Wildman–Crippen MR) is 91.7 cm³/mol. The van der Waals surface area contributed by atoms with Gasteiger partial charge in [0.05, 0.1) is 14.6 Å². The van der Waals surface area contributed by atoms with Crippen LogP contribution in [0.3, 0.4) is 0 Å². The number of imidazole rings is 1. The molecule has 1 aromatic heterocycles. The Hall–Kier alpha value is -0.890. The summed E-state index contributed by atoms with van der Waals surface area (Å²) in [7, 11) is 2.16. The van der Waals surface area contributed by atoms with Gasteiger partial charge >= 0.3 is 0 Å². The average Bonchev–Trinajstić information content (AvgIpc) is 3.06. The molecule has 4 nitrogen and oxygen atoms in total. The number of anilines is 1. The van der Waals surface area contributed by atoms with Gasteiger partial charge < -0.3 is 15.2 Å². The van der Waals surface area contributed by atoms with Crippen molar-refractivity contribution in [1.82, 2.24) is 14.5 Å². The third kappa shape index (κ3) is 3.01. The van der Waals surface area contributed by atoms with Gasteiger partial charge in [-0.25, -0.2) is 9.37 Å². The Bertz CT molecular complexity index is 649. The van der Waals surface area contributed by atoms with Crippen LogP contribution in [0.1, 0.15) is 25.7 Å². The zero-order valence-corrected chi connectivity index (χ0v) is 14.3. The minimum atomic E-state index is -0.214. The number of halogens is 2. The quantitative estimate of drug-likeness (QED) is 0.799. The number of fused-ring (bicyclic) bond motifs is 1. The largest absolute Gasteiger partial charge is 0.369 e. The molecule has 0 saturated heterocycles. The molecular formula is C15H20FIN4. The molecule has 1 aliphatic rings. The smallest absolute Gasteiger partial charge is 0.201 e. The van der Waals surface area contributed by atoms with Crippen molar-refractivity contribution < 1.29 is 4.39 Å². The van der Waals surface area contributed by atoms with Gasteiger partial charge in [0.1, 0.15) is 5.82 Å². The number of nitrogen functional groups attached to an aromatic ring is 1. The van der Waals surface area contributed by atoms with Crippen molar-refractivity contribution in [2.45, 2.75) is 38.3 Å². The van der Waals surface area contributed by atoms with E-state index in [1.54, 1.807) is 6.07 Å². The molecule has 0 radical (unpaired) electrons. The van der Waals surface area contributed by atoms with Crippen LogP contribution in [0.2, 0.25) is 0 Å². The highest BCUT2D eigenvalue weighted by molar-refractivity contribution is 14.1. The van der Waals surface area contributed by atoms with Gasteiger partial charge in [-0.3, -0.25) is 0 Å². The maximum absolute atomic E-state index is 13.8. The number of hydrogen-bond donors (Lipinski definition) is 1. The van der Waals surface area contributed by atoms with E-state index in [0.717, 1.165) is 24.1 Å². The van der Waals surface area contributed by atoms with E-state index in [1.165, 1.54) is 31.7 Å². The van der Waals surface area contributed by atoms with E-state index >= 15 is 0 Å². The summed E-state index contributed by atoms with van der Waals surface area (Å²) in [5, 5.41) is 0. The third-order valence-electron chi connectivity index (χ3n) is 4.44. The molecule has 1 saturated carbocycles. The first-order valence-corrected chi connectivity index (χ1v) is 8.45. The van der Waals surface area contributed by atoms with E-state index in [1.807, 2.05) is 27.2 Å². The number of nitrogens with two attached hydrogens (primary N) is 1. The standard InChI is InChI=1S/C15H20FIN4/c1-20(10-4-2-3-5-10)6-7-21-14-8-11(16)12(17)9-13(14)19-15(21)18/h8-10H,2-7H2,1H3,(H2,18,19). The van der Waals surface area contributed by atoms with Gasteiger partial charge in [0.25, 0.3) is 0 Å². The molecule has 2 N–H and O–H groups in total. The zero-order chi connectivity index (χ0) is 15.0. The Kier molecular flexibility index (Phi) is 4.35. The molecule has 21 heavy (non-hydrogen) atoms. The van der Waals surface area contributed by atoms with E-state index in [-0.39, 0.29) is 5.82 Å². The molecule has 1 aliphatic carbocycles. The third-order valence-corrected chi connectivity index (χ3v) is 5.27. The normalized spacial score (nSPS) is 16.4. The molecule has 1 heterocycles. The van der Waals surface area contributed by atoms with Gasteiger partial charge in [-0.1, -0.05) is 12.8 Å². The lowest BCUT2D eigenvalue weighted by Gasteiger charge is -2.24. The minimum absolute atomic E-state index is 0.214. The number of rotatable bonds is 4. The van der Waals surface area contributed by atoms with Crippen LogP contribution < -0.4 is 5.73 Å². The molecule has 0 atom stereocenters. The van der Waals surface area contributed by atoms with E-state index in [9.17, 15) is 4.39 Å². The number of hydrogen-bond acceptors (Lipinski definition) is 3. The number of likely N-dealkylation sites (N-methyl/N-ethyl adjacent to an activating group) is 1. The van der Waals surface area contributed by atoms with Crippen LogP contribution >= 0.6 is 22.6 Å². The monoisotopic (exact) mass is 402 g/mol. The second-order valence-corrected chi connectivity index (χ2v) is 6.96. The lowest BCUT2D eigenvalue weighted by atomic mass is 10.2. The first-order valence-electron chi connectivity index (χ1n) is 7.37. The zero-order valence-electron chi connectivity index (χ0n) is 12.1. The Balaban J connectivity index is 1.80. The Morgan fingerprint density at radius 3 is 2.86 bits per heavy atom. The average molecular weight is 402 g/mol. The lowest BCUT2D eigenvalue weighted by Crippen LogP contribution is -2.32. The fourth-order valence-electron chi connectivity index (χ4n) is 3.16. The van der Waals surface area contributed by atoms with Crippen molar-refractivity contribution in [3.8, 4) is 0 Å². The molecule has 1 aromatic carbocycles. The first kappa shape index (κ1) is 15.0. The Morgan fingerprint density at radius 1 is 1.43 bits per heavy atom. The van der Waals surface area contributed by atoms with Crippen LogP contribution in [0.15, 0.2) is 12.1 Å². The maximum atomic E-state index is 13.8. The summed E-state index contributed by atoms with van der Waals surface area (Å²) in [4.78, 5) is 6.73. The van der Waals surface area contributed by atoms with E-state index < -0.39 is 0 Å². The lowest BCUT2D eigenvalue weighted by molar-refractivity contribution is 0.238. The van der Waals surface area contributed by atoms with E-state index in [4.69, 9.17) is 5.73 Å². The van der Waals surface area contributed by atoms with Crippen molar-refractivity contribution >= 4 is 39.6 Å². The van der Waals surface area contributed by atoms with Crippen molar-refractivity contribution in [2.75, 3.05) is 19.3 Å². The highest BCUT2D eigenvalue weighted by Gasteiger charge is 2.20. The second kappa shape index (κ2) is 6.08. The van der Waals surface area contributed by atoms with Crippen LogP contribution in [0.25, 0.3) is 11.0 Å². The highest BCUT2D eigenvalue weighted by Crippen LogP contribution is 2.24.